The van der Waals surface area contributed by atoms with Crippen LogP contribution in [0, 0.1) is 5.92 Å². The molecule has 6 heteroatoms. The second-order valence-electron chi connectivity index (χ2n) is 3.06. The van der Waals surface area contributed by atoms with Crippen molar-refractivity contribution in [1.82, 2.24) is 0 Å². The Morgan fingerprint density at radius 3 is 2.06 bits per heavy atom. The number of rotatable bonds is 7. The maximum Gasteiger partial charge on any atom is 0.319 e. The van der Waals surface area contributed by atoms with E-state index in [1.165, 1.54) is 0 Å². The van der Waals surface area contributed by atoms with E-state index in [4.69, 9.17) is 9.47 Å². The van der Waals surface area contributed by atoms with Crippen LogP contribution in [0.2, 0.25) is 0 Å². The van der Waals surface area contributed by atoms with Crippen molar-refractivity contribution < 1.29 is 19.1 Å². The van der Waals surface area contributed by atoms with Crippen molar-refractivity contribution in [2.45, 2.75) is 25.1 Å². The average Bonchev–Trinajstić information content (AvgIpc) is 2.26. The van der Waals surface area contributed by atoms with Crippen LogP contribution in [0.25, 0.3) is 0 Å². The van der Waals surface area contributed by atoms with E-state index < -0.39 is 4.83 Å². The molecule has 0 heterocycles. The van der Waals surface area contributed by atoms with Crippen LogP contribution in [-0.4, -0.2) is 35.3 Å². The van der Waals surface area contributed by atoms with Crippen LogP contribution < -0.4 is 0 Å². The van der Waals surface area contributed by atoms with E-state index in [1.54, 1.807) is 13.8 Å². The smallest absolute Gasteiger partial charge is 0.319 e. The summed E-state index contributed by atoms with van der Waals surface area (Å²) < 4.78 is 9.73. The molecule has 0 fully saturated rings. The number of hydrogen-bond donors (Lipinski definition) is 0. The minimum atomic E-state index is -0.473. The molecule has 0 aromatic rings. The minimum Gasteiger partial charge on any atom is -0.466 e. The van der Waals surface area contributed by atoms with Gasteiger partial charge in [-0.25, -0.2) is 0 Å². The molecule has 0 bridgehead atoms. The van der Waals surface area contributed by atoms with E-state index in [1.807, 2.05) is 0 Å². The molecule has 0 saturated carbocycles. The number of alkyl halides is 2. The lowest BCUT2D eigenvalue weighted by atomic mass is 10.1. The molecule has 2 atom stereocenters. The molecule has 0 aliphatic heterocycles. The lowest BCUT2D eigenvalue weighted by Crippen LogP contribution is -2.27. The molecule has 0 aliphatic carbocycles. The summed E-state index contributed by atoms with van der Waals surface area (Å²) in [7, 11) is 0. The molecule has 0 saturated heterocycles. The molecule has 0 radical (unpaired) electrons. The largest absolute Gasteiger partial charge is 0.466 e. The second-order valence-corrected chi connectivity index (χ2v) is 4.81. The minimum absolute atomic E-state index is 0.298. The number of carbonyl (C=O) groups is 2. The normalized spacial score (nSPS) is 14.0. The summed E-state index contributed by atoms with van der Waals surface area (Å²) >= 11 is 6.43. The molecule has 2 unspecified atom stereocenters. The van der Waals surface area contributed by atoms with E-state index in [9.17, 15) is 9.59 Å². The molecule has 16 heavy (non-hydrogen) atoms. The summed E-state index contributed by atoms with van der Waals surface area (Å²) in [4.78, 5) is 22.3. The Hall–Kier alpha value is -0.100. The van der Waals surface area contributed by atoms with E-state index in [0.717, 1.165) is 0 Å². The first-order valence-corrected chi connectivity index (χ1v) is 7.13. The summed E-state index contributed by atoms with van der Waals surface area (Å²) in [6.45, 7) is 4.17. The van der Waals surface area contributed by atoms with Gasteiger partial charge >= 0.3 is 11.9 Å². The van der Waals surface area contributed by atoms with Crippen molar-refractivity contribution in [2.75, 3.05) is 18.5 Å². The second kappa shape index (κ2) is 8.98. The maximum absolute atomic E-state index is 11.5. The zero-order valence-electron chi connectivity index (χ0n) is 9.37. The van der Waals surface area contributed by atoms with Gasteiger partial charge in [-0.05, 0) is 20.3 Å². The van der Waals surface area contributed by atoms with Crippen LogP contribution in [0.15, 0.2) is 0 Å². The van der Waals surface area contributed by atoms with Crippen LogP contribution in [-0.2, 0) is 19.1 Å². The zero-order chi connectivity index (χ0) is 12.6. The lowest BCUT2D eigenvalue weighted by molar-refractivity contribution is -0.148. The highest BCUT2D eigenvalue weighted by Gasteiger charge is 2.26. The Balaban J connectivity index is 4.20. The number of esters is 2. The topological polar surface area (TPSA) is 52.6 Å². The standard InChI is InChI=1S/C10H16Br2O4/c1-3-15-9(13)7(6-11)5-8(12)10(14)16-4-2/h7-8H,3-6H2,1-2H3. The quantitative estimate of drug-likeness (QED) is 0.517. The fourth-order valence-corrected chi connectivity index (χ4v) is 2.17. The zero-order valence-corrected chi connectivity index (χ0v) is 12.5. The van der Waals surface area contributed by atoms with Crippen LogP contribution in [0.4, 0.5) is 0 Å². The molecule has 0 amide bonds. The number of hydrogen-bond acceptors (Lipinski definition) is 4. The fraction of sp³-hybridized carbons (Fsp3) is 0.800. The third-order valence-corrected chi connectivity index (χ3v) is 3.37. The van der Waals surface area contributed by atoms with Crippen molar-refractivity contribution in [2.24, 2.45) is 5.92 Å². The predicted octanol–water partition coefficient (Wildman–Crippen LogP) is 2.28. The highest BCUT2D eigenvalue weighted by molar-refractivity contribution is 9.10. The summed E-state index contributed by atoms with van der Waals surface area (Å²) in [5.74, 6) is -0.986. The predicted molar refractivity (Wildman–Crippen MR) is 67.9 cm³/mol. The van der Waals surface area contributed by atoms with Crippen LogP contribution in [0.3, 0.4) is 0 Å². The lowest BCUT2D eigenvalue weighted by Gasteiger charge is -2.15. The molecular formula is C10H16Br2O4. The fourth-order valence-electron chi connectivity index (χ4n) is 1.06. The highest BCUT2D eigenvalue weighted by atomic mass is 79.9. The monoisotopic (exact) mass is 358 g/mol. The molecule has 0 aliphatic rings. The Morgan fingerprint density at radius 2 is 1.62 bits per heavy atom. The van der Waals surface area contributed by atoms with E-state index in [-0.39, 0.29) is 17.9 Å². The Labute approximate surface area is 112 Å². The molecule has 0 aromatic heterocycles. The Morgan fingerprint density at radius 1 is 1.12 bits per heavy atom. The first-order valence-electron chi connectivity index (χ1n) is 5.10. The van der Waals surface area contributed by atoms with E-state index >= 15 is 0 Å². The highest BCUT2D eigenvalue weighted by Crippen LogP contribution is 2.18. The molecular weight excluding hydrogens is 344 g/mol. The summed E-state index contributed by atoms with van der Waals surface area (Å²) in [6.07, 6.45) is 0.364. The van der Waals surface area contributed by atoms with Gasteiger partial charge in [0.05, 0.1) is 19.1 Å². The van der Waals surface area contributed by atoms with Gasteiger partial charge in [-0.15, -0.1) is 0 Å². The summed E-state index contributed by atoms with van der Waals surface area (Å²) in [5.41, 5.74) is 0. The molecule has 0 aromatic carbocycles. The number of carbonyl (C=O) groups excluding carboxylic acids is 2. The van der Waals surface area contributed by atoms with Gasteiger partial charge in [0.25, 0.3) is 0 Å². The van der Waals surface area contributed by atoms with Gasteiger partial charge in [0.2, 0.25) is 0 Å². The van der Waals surface area contributed by atoms with Gasteiger partial charge in [-0.1, -0.05) is 31.9 Å². The first-order chi connectivity index (χ1) is 7.56. The molecule has 4 nitrogen and oxygen atoms in total. The van der Waals surface area contributed by atoms with Gasteiger partial charge in [0, 0.05) is 5.33 Å². The Bertz CT molecular complexity index is 233. The van der Waals surface area contributed by atoms with Crippen molar-refractivity contribution in [3.05, 3.63) is 0 Å². The molecule has 0 rings (SSSR count). The third kappa shape index (κ3) is 5.84. The van der Waals surface area contributed by atoms with Gasteiger partial charge < -0.3 is 9.47 Å². The average molecular weight is 360 g/mol. The van der Waals surface area contributed by atoms with Gasteiger partial charge in [-0.2, -0.15) is 0 Å². The van der Waals surface area contributed by atoms with E-state index in [2.05, 4.69) is 31.9 Å². The van der Waals surface area contributed by atoms with Gasteiger partial charge in [-0.3, -0.25) is 9.59 Å². The Kier molecular flexibility index (Phi) is 8.93. The van der Waals surface area contributed by atoms with Gasteiger partial charge in [0.15, 0.2) is 0 Å². The SMILES string of the molecule is CCOC(=O)C(Br)CC(CBr)C(=O)OCC. The van der Waals surface area contributed by atoms with Crippen molar-refractivity contribution in [3.63, 3.8) is 0 Å². The van der Waals surface area contributed by atoms with Crippen molar-refractivity contribution >= 4 is 43.8 Å². The van der Waals surface area contributed by atoms with Crippen LogP contribution in [0.5, 0.6) is 0 Å². The molecule has 94 valence electrons. The van der Waals surface area contributed by atoms with Crippen molar-refractivity contribution in [3.8, 4) is 0 Å². The molecule has 0 N–H and O–H groups in total. The summed E-state index contributed by atoms with van der Waals surface area (Å²) in [5, 5.41) is 0.466. The van der Waals surface area contributed by atoms with Crippen molar-refractivity contribution in [1.29, 1.82) is 0 Å². The summed E-state index contributed by atoms with van der Waals surface area (Å²) in [6, 6.07) is 0. The van der Waals surface area contributed by atoms with Crippen LogP contribution in [0.1, 0.15) is 20.3 Å². The molecule has 0 spiro atoms. The van der Waals surface area contributed by atoms with E-state index in [0.29, 0.717) is 25.0 Å². The first kappa shape index (κ1) is 15.9. The van der Waals surface area contributed by atoms with Gasteiger partial charge in [0.1, 0.15) is 4.83 Å². The third-order valence-electron chi connectivity index (χ3n) is 1.84. The number of halogens is 2. The number of ether oxygens (including phenoxy) is 2. The maximum atomic E-state index is 11.5. The van der Waals surface area contributed by atoms with Crippen LogP contribution >= 0.6 is 31.9 Å².